The number of fused-ring (bicyclic) bond motifs is 1. The summed E-state index contributed by atoms with van der Waals surface area (Å²) in [6.45, 7) is 1.90. The van der Waals surface area contributed by atoms with E-state index in [0.29, 0.717) is 10.1 Å². The minimum absolute atomic E-state index is 0.154. The first kappa shape index (κ1) is 20.5. The van der Waals surface area contributed by atoms with E-state index in [1.165, 1.54) is 12.4 Å². The van der Waals surface area contributed by atoms with Crippen LogP contribution in [0.15, 0.2) is 77.0 Å². The fourth-order valence-corrected chi connectivity index (χ4v) is 4.19. The largest absolute Gasteiger partial charge is 0.345 e. The molecule has 0 bridgehead atoms. The SMILES string of the molecule is CC(NC(=O)c1ccc(Sc2nncn2C)c([N+](=O)[O-])c1)c1cccc2ccccc12. The number of amides is 1. The summed E-state index contributed by atoms with van der Waals surface area (Å²) in [5, 5.41) is 24.9. The number of nitrogens with zero attached hydrogens (tertiary/aromatic N) is 4. The summed E-state index contributed by atoms with van der Waals surface area (Å²) < 4.78 is 1.67. The summed E-state index contributed by atoms with van der Waals surface area (Å²) in [4.78, 5) is 24.4. The van der Waals surface area contributed by atoms with Gasteiger partial charge in [0.05, 0.1) is 15.9 Å². The van der Waals surface area contributed by atoms with Crippen LogP contribution in [-0.2, 0) is 7.05 Å². The average Bonchev–Trinajstić information content (AvgIpc) is 3.17. The van der Waals surface area contributed by atoms with Crippen molar-refractivity contribution in [1.29, 1.82) is 0 Å². The van der Waals surface area contributed by atoms with E-state index in [9.17, 15) is 14.9 Å². The standard InChI is InChI=1S/C22H19N5O3S/c1-14(17-9-5-7-15-6-3-4-8-18(15)17)24-21(28)16-10-11-20(19(12-16)27(29)30)31-22-25-23-13-26(22)2/h3-14H,1-2H3,(H,24,28). The summed E-state index contributed by atoms with van der Waals surface area (Å²) in [6.07, 6.45) is 1.52. The molecule has 1 atom stereocenters. The fourth-order valence-electron chi connectivity index (χ4n) is 3.34. The molecule has 156 valence electrons. The molecule has 31 heavy (non-hydrogen) atoms. The second kappa shape index (κ2) is 8.57. The van der Waals surface area contributed by atoms with Crippen LogP contribution in [0.1, 0.15) is 28.9 Å². The number of carbonyl (C=O) groups is 1. The van der Waals surface area contributed by atoms with E-state index in [4.69, 9.17) is 0 Å². The first-order valence-electron chi connectivity index (χ1n) is 9.53. The molecule has 0 fully saturated rings. The van der Waals surface area contributed by atoms with Gasteiger partial charge in [0.25, 0.3) is 11.6 Å². The van der Waals surface area contributed by atoms with Crippen LogP contribution < -0.4 is 5.32 Å². The van der Waals surface area contributed by atoms with Gasteiger partial charge in [-0.2, -0.15) is 0 Å². The number of aromatic nitrogens is 3. The smallest absolute Gasteiger partial charge is 0.284 e. The van der Waals surface area contributed by atoms with Gasteiger partial charge in [0.2, 0.25) is 0 Å². The number of hydrogen-bond donors (Lipinski definition) is 1. The van der Waals surface area contributed by atoms with Crippen molar-refractivity contribution in [2.75, 3.05) is 0 Å². The highest BCUT2D eigenvalue weighted by Crippen LogP contribution is 2.34. The van der Waals surface area contributed by atoms with E-state index in [1.54, 1.807) is 23.7 Å². The molecule has 1 amide bonds. The highest BCUT2D eigenvalue weighted by atomic mass is 32.2. The molecule has 0 aliphatic rings. The molecular weight excluding hydrogens is 414 g/mol. The van der Waals surface area contributed by atoms with Crippen molar-refractivity contribution in [2.24, 2.45) is 7.05 Å². The first-order valence-corrected chi connectivity index (χ1v) is 10.3. The van der Waals surface area contributed by atoms with Crippen LogP contribution in [-0.4, -0.2) is 25.6 Å². The highest BCUT2D eigenvalue weighted by Gasteiger charge is 2.21. The van der Waals surface area contributed by atoms with Crippen molar-refractivity contribution in [3.8, 4) is 0 Å². The molecule has 9 heteroatoms. The molecule has 0 aliphatic heterocycles. The lowest BCUT2D eigenvalue weighted by molar-refractivity contribution is -0.387. The molecule has 1 aromatic heterocycles. The lowest BCUT2D eigenvalue weighted by Gasteiger charge is -2.17. The maximum Gasteiger partial charge on any atom is 0.284 e. The predicted octanol–water partition coefficient (Wildman–Crippen LogP) is 4.52. The Bertz CT molecular complexity index is 1280. The van der Waals surface area contributed by atoms with Crippen LogP contribution in [0.25, 0.3) is 10.8 Å². The van der Waals surface area contributed by atoms with E-state index in [1.807, 2.05) is 49.4 Å². The molecule has 4 aromatic rings. The molecular formula is C22H19N5O3S. The van der Waals surface area contributed by atoms with E-state index in [2.05, 4.69) is 15.5 Å². The second-order valence-corrected chi connectivity index (χ2v) is 8.04. The molecule has 0 saturated heterocycles. The summed E-state index contributed by atoms with van der Waals surface area (Å²) in [7, 11) is 1.75. The number of rotatable bonds is 6. The van der Waals surface area contributed by atoms with Gasteiger partial charge in [0.1, 0.15) is 6.33 Å². The zero-order chi connectivity index (χ0) is 22.0. The quantitative estimate of drug-likeness (QED) is 0.354. The molecule has 8 nitrogen and oxygen atoms in total. The predicted molar refractivity (Wildman–Crippen MR) is 118 cm³/mol. The Hall–Kier alpha value is -3.72. The van der Waals surface area contributed by atoms with Crippen molar-refractivity contribution < 1.29 is 9.72 Å². The van der Waals surface area contributed by atoms with E-state index in [-0.39, 0.29) is 23.2 Å². The average molecular weight is 433 g/mol. The van der Waals surface area contributed by atoms with Gasteiger partial charge in [-0.15, -0.1) is 10.2 Å². The van der Waals surface area contributed by atoms with Gasteiger partial charge in [-0.25, -0.2) is 0 Å². The molecule has 0 aliphatic carbocycles. The third-order valence-electron chi connectivity index (χ3n) is 4.93. The molecule has 1 heterocycles. The molecule has 1 unspecified atom stereocenters. The normalized spacial score (nSPS) is 11.9. The third-order valence-corrected chi connectivity index (χ3v) is 6.04. The fraction of sp³-hybridized carbons (Fsp3) is 0.136. The van der Waals surface area contributed by atoms with Crippen LogP contribution in [0.3, 0.4) is 0 Å². The van der Waals surface area contributed by atoms with E-state index >= 15 is 0 Å². The Kier molecular flexibility index (Phi) is 5.68. The minimum Gasteiger partial charge on any atom is -0.345 e. The summed E-state index contributed by atoms with van der Waals surface area (Å²) in [6, 6.07) is 18.1. The maximum atomic E-state index is 12.9. The van der Waals surface area contributed by atoms with E-state index < -0.39 is 4.92 Å². The van der Waals surface area contributed by atoms with Crippen molar-refractivity contribution in [3.63, 3.8) is 0 Å². The summed E-state index contributed by atoms with van der Waals surface area (Å²) in [5.41, 5.74) is 1.05. The van der Waals surface area contributed by atoms with Crippen LogP contribution in [0, 0.1) is 10.1 Å². The lowest BCUT2D eigenvalue weighted by Crippen LogP contribution is -2.26. The van der Waals surface area contributed by atoms with Gasteiger partial charge >= 0.3 is 0 Å². The molecule has 0 spiro atoms. The summed E-state index contributed by atoms with van der Waals surface area (Å²) in [5.74, 6) is -0.376. The molecule has 0 radical (unpaired) electrons. The Morgan fingerprint density at radius 3 is 2.68 bits per heavy atom. The minimum atomic E-state index is -0.496. The van der Waals surface area contributed by atoms with Gasteiger partial charge in [-0.1, -0.05) is 42.5 Å². The van der Waals surface area contributed by atoms with E-state index in [0.717, 1.165) is 28.1 Å². The van der Waals surface area contributed by atoms with Crippen molar-refractivity contribution >= 4 is 34.1 Å². The van der Waals surface area contributed by atoms with Gasteiger partial charge in [-0.05, 0) is 47.2 Å². The Morgan fingerprint density at radius 2 is 1.94 bits per heavy atom. The van der Waals surface area contributed by atoms with Crippen molar-refractivity contribution in [1.82, 2.24) is 20.1 Å². The molecule has 1 N–H and O–H groups in total. The summed E-state index contributed by atoms with van der Waals surface area (Å²) >= 11 is 1.12. The topological polar surface area (TPSA) is 103 Å². The van der Waals surface area contributed by atoms with Crippen LogP contribution in [0.4, 0.5) is 5.69 Å². The van der Waals surface area contributed by atoms with Crippen LogP contribution in [0.5, 0.6) is 0 Å². The monoisotopic (exact) mass is 433 g/mol. The molecule has 4 rings (SSSR count). The van der Waals surface area contributed by atoms with Crippen LogP contribution in [0.2, 0.25) is 0 Å². The Labute approximate surface area is 182 Å². The number of hydrogen-bond acceptors (Lipinski definition) is 6. The van der Waals surface area contributed by atoms with Crippen molar-refractivity contribution in [3.05, 3.63) is 88.2 Å². The number of nitro benzene ring substituents is 1. The van der Waals surface area contributed by atoms with Gasteiger partial charge in [0, 0.05) is 18.7 Å². The van der Waals surface area contributed by atoms with Crippen LogP contribution >= 0.6 is 11.8 Å². The number of aryl methyl sites for hydroxylation is 1. The van der Waals surface area contributed by atoms with Gasteiger partial charge in [-0.3, -0.25) is 14.9 Å². The molecule has 0 saturated carbocycles. The third kappa shape index (κ3) is 4.26. The van der Waals surface area contributed by atoms with Gasteiger partial charge in [0.15, 0.2) is 5.16 Å². The number of benzene rings is 3. The zero-order valence-electron chi connectivity index (χ0n) is 16.9. The Morgan fingerprint density at radius 1 is 1.16 bits per heavy atom. The highest BCUT2D eigenvalue weighted by molar-refractivity contribution is 7.99. The number of nitro groups is 1. The number of carbonyl (C=O) groups excluding carboxylic acids is 1. The zero-order valence-corrected chi connectivity index (χ0v) is 17.7. The Balaban J connectivity index is 1.59. The lowest BCUT2D eigenvalue weighted by atomic mass is 9.99. The first-order chi connectivity index (χ1) is 14.9. The maximum absolute atomic E-state index is 12.9. The second-order valence-electron chi connectivity index (χ2n) is 7.03. The number of nitrogens with one attached hydrogen (secondary N) is 1. The van der Waals surface area contributed by atoms with Crippen molar-refractivity contribution in [2.45, 2.75) is 23.0 Å². The van der Waals surface area contributed by atoms with Gasteiger partial charge < -0.3 is 9.88 Å². The molecule has 3 aromatic carbocycles.